The highest BCUT2D eigenvalue weighted by molar-refractivity contribution is 5.16. The van der Waals surface area contributed by atoms with Crippen LogP contribution in [-0.2, 0) is 4.74 Å². The topological polar surface area (TPSA) is 21.3 Å². The summed E-state index contributed by atoms with van der Waals surface area (Å²) in [5, 5.41) is 3.78. The normalized spacial score (nSPS) is 37.1. The first kappa shape index (κ1) is 16.0. The molecule has 0 aromatic carbocycles. The Morgan fingerprint density at radius 2 is 1.90 bits per heavy atom. The first-order valence-electron chi connectivity index (χ1n) is 8.73. The molecule has 0 saturated carbocycles. The number of hydrogen-bond acceptors (Lipinski definition) is 2. The Labute approximate surface area is 125 Å². The van der Waals surface area contributed by atoms with Crippen molar-refractivity contribution >= 4 is 0 Å². The minimum Gasteiger partial charge on any atom is -0.375 e. The van der Waals surface area contributed by atoms with Crippen molar-refractivity contribution in [3.8, 4) is 0 Å². The van der Waals surface area contributed by atoms with Gasteiger partial charge in [-0.25, -0.2) is 0 Å². The first-order valence-corrected chi connectivity index (χ1v) is 8.73. The van der Waals surface area contributed by atoms with Crippen molar-refractivity contribution in [3.63, 3.8) is 0 Å². The molecule has 0 bridgehead atoms. The van der Waals surface area contributed by atoms with Crippen LogP contribution in [0.4, 0.5) is 0 Å². The SMILES string of the molecule is CCNC(C1=CCCCCCC1)C1C(C)OC(C)C1C. The molecular formula is C18H33NO. The van der Waals surface area contributed by atoms with Gasteiger partial charge in [0.25, 0.3) is 0 Å². The third-order valence-corrected chi connectivity index (χ3v) is 5.35. The summed E-state index contributed by atoms with van der Waals surface area (Å²) in [5.74, 6) is 1.26. The van der Waals surface area contributed by atoms with E-state index in [9.17, 15) is 0 Å². The number of allylic oxidation sites excluding steroid dienone is 1. The smallest absolute Gasteiger partial charge is 0.0600 e. The molecule has 2 nitrogen and oxygen atoms in total. The van der Waals surface area contributed by atoms with Gasteiger partial charge in [0.05, 0.1) is 12.2 Å². The average Bonchev–Trinajstić information content (AvgIpc) is 2.61. The van der Waals surface area contributed by atoms with E-state index in [-0.39, 0.29) is 0 Å². The van der Waals surface area contributed by atoms with Crippen LogP contribution in [0.25, 0.3) is 0 Å². The highest BCUT2D eigenvalue weighted by Gasteiger charge is 2.42. The number of nitrogens with one attached hydrogen (secondary N) is 1. The molecule has 2 aliphatic rings. The van der Waals surface area contributed by atoms with Gasteiger partial charge in [0, 0.05) is 12.0 Å². The Hall–Kier alpha value is -0.340. The van der Waals surface area contributed by atoms with E-state index in [0.29, 0.717) is 30.1 Å². The van der Waals surface area contributed by atoms with Crippen molar-refractivity contribution < 1.29 is 4.74 Å². The molecule has 2 rings (SSSR count). The summed E-state index contributed by atoms with van der Waals surface area (Å²) in [6, 6.07) is 0.521. The highest BCUT2D eigenvalue weighted by Crippen LogP contribution is 2.38. The lowest BCUT2D eigenvalue weighted by Crippen LogP contribution is -2.43. The minimum atomic E-state index is 0.371. The molecule has 0 radical (unpaired) electrons. The van der Waals surface area contributed by atoms with Crippen LogP contribution in [-0.4, -0.2) is 24.8 Å². The maximum Gasteiger partial charge on any atom is 0.0600 e. The second-order valence-electron chi connectivity index (χ2n) is 6.75. The Balaban J connectivity index is 2.16. The molecule has 2 heteroatoms. The molecule has 1 heterocycles. The maximum atomic E-state index is 6.09. The van der Waals surface area contributed by atoms with Crippen molar-refractivity contribution in [3.05, 3.63) is 11.6 Å². The Morgan fingerprint density at radius 3 is 2.55 bits per heavy atom. The molecule has 0 amide bonds. The van der Waals surface area contributed by atoms with E-state index < -0.39 is 0 Å². The fourth-order valence-corrected chi connectivity index (χ4v) is 4.10. The van der Waals surface area contributed by atoms with Gasteiger partial charge in [-0.2, -0.15) is 0 Å². The van der Waals surface area contributed by atoms with Gasteiger partial charge in [0.1, 0.15) is 0 Å². The highest BCUT2D eigenvalue weighted by atomic mass is 16.5. The van der Waals surface area contributed by atoms with Crippen LogP contribution in [0.15, 0.2) is 11.6 Å². The van der Waals surface area contributed by atoms with Crippen molar-refractivity contribution in [2.75, 3.05) is 6.54 Å². The quantitative estimate of drug-likeness (QED) is 0.775. The van der Waals surface area contributed by atoms with Crippen LogP contribution in [0.3, 0.4) is 0 Å². The predicted molar refractivity (Wildman–Crippen MR) is 85.9 cm³/mol. The average molecular weight is 279 g/mol. The molecule has 0 spiro atoms. The van der Waals surface area contributed by atoms with E-state index in [1.165, 1.54) is 38.5 Å². The van der Waals surface area contributed by atoms with Gasteiger partial charge in [-0.1, -0.05) is 38.3 Å². The summed E-state index contributed by atoms with van der Waals surface area (Å²) in [7, 11) is 0. The molecule has 116 valence electrons. The van der Waals surface area contributed by atoms with Crippen LogP contribution >= 0.6 is 0 Å². The third kappa shape index (κ3) is 3.65. The Kier molecular flexibility index (Phi) is 6.10. The molecule has 5 unspecified atom stereocenters. The molecule has 1 aliphatic heterocycles. The van der Waals surface area contributed by atoms with Crippen LogP contribution in [0.5, 0.6) is 0 Å². The maximum absolute atomic E-state index is 6.09. The fraction of sp³-hybridized carbons (Fsp3) is 0.889. The molecule has 1 fully saturated rings. The Bertz CT molecular complexity index is 325. The van der Waals surface area contributed by atoms with E-state index in [0.717, 1.165) is 6.54 Å². The predicted octanol–water partition coefficient (Wildman–Crippen LogP) is 4.30. The summed E-state index contributed by atoms with van der Waals surface area (Å²) < 4.78 is 6.09. The second kappa shape index (κ2) is 7.61. The van der Waals surface area contributed by atoms with Crippen molar-refractivity contribution in [2.45, 2.75) is 84.5 Å². The first-order chi connectivity index (χ1) is 9.65. The van der Waals surface area contributed by atoms with Gasteiger partial charge in [0.2, 0.25) is 0 Å². The lowest BCUT2D eigenvalue weighted by atomic mass is 9.78. The standard InChI is InChI=1S/C18H33NO/c1-5-19-18(16-11-9-7-6-8-10-12-16)17-13(2)14(3)20-15(17)4/h11,13-15,17-19H,5-10,12H2,1-4H3. The zero-order valence-corrected chi connectivity index (χ0v) is 13.8. The van der Waals surface area contributed by atoms with Gasteiger partial charge in [-0.15, -0.1) is 0 Å². The largest absolute Gasteiger partial charge is 0.375 e. The van der Waals surface area contributed by atoms with Crippen LogP contribution < -0.4 is 5.32 Å². The van der Waals surface area contributed by atoms with E-state index in [1.807, 2.05) is 0 Å². The molecule has 1 aliphatic carbocycles. The van der Waals surface area contributed by atoms with Crippen LogP contribution in [0.1, 0.15) is 66.2 Å². The van der Waals surface area contributed by atoms with E-state index in [2.05, 4.69) is 39.1 Å². The molecule has 1 saturated heterocycles. The van der Waals surface area contributed by atoms with Gasteiger partial charge >= 0.3 is 0 Å². The minimum absolute atomic E-state index is 0.371. The van der Waals surface area contributed by atoms with Gasteiger partial charge in [-0.05, 0) is 52.0 Å². The number of rotatable bonds is 4. The fourth-order valence-electron chi connectivity index (χ4n) is 4.10. The lowest BCUT2D eigenvalue weighted by Gasteiger charge is -2.32. The third-order valence-electron chi connectivity index (χ3n) is 5.35. The number of likely N-dealkylation sites (N-methyl/N-ethyl adjacent to an activating group) is 1. The van der Waals surface area contributed by atoms with E-state index >= 15 is 0 Å². The lowest BCUT2D eigenvalue weighted by molar-refractivity contribution is 0.0487. The summed E-state index contributed by atoms with van der Waals surface area (Å²) in [6.07, 6.45) is 11.4. The second-order valence-corrected chi connectivity index (χ2v) is 6.75. The van der Waals surface area contributed by atoms with Crippen molar-refractivity contribution in [1.82, 2.24) is 5.32 Å². The summed E-state index contributed by atoms with van der Waals surface area (Å²) in [4.78, 5) is 0. The summed E-state index contributed by atoms with van der Waals surface area (Å²) in [5.41, 5.74) is 1.66. The molecule has 5 atom stereocenters. The van der Waals surface area contributed by atoms with Crippen molar-refractivity contribution in [2.24, 2.45) is 11.8 Å². The zero-order chi connectivity index (χ0) is 14.5. The Morgan fingerprint density at radius 1 is 1.15 bits per heavy atom. The van der Waals surface area contributed by atoms with Crippen LogP contribution in [0.2, 0.25) is 0 Å². The summed E-state index contributed by atoms with van der Waals surface area (Å²) in [6.45, 7) is 10.1. The molecule has 0 aromatic heterocycles. The van der Waals surface area contributed by atoms with Crippen LogP contribution in [0, 0.1) is 11.8 Å². The van der Waals surface area contributed by atoms with Gasteiger partial charge in [-0.3, -0.25) is 0 Å². The summed E-state index contributed by atoms with van der Waals surface area (Å²) >= 11 is 0. The molecule has 0 aromatic rings. The van der Waals surface area contributed by atoms with E-state index in [4.69, 9.17) is 4.74 Å². The van der Waals surface area contributed by atoms with Gasteiger partial charge < -0.3 is 10.1 Å². The zero-order valence-electron chi connectivity index (χ0n) is 13.8. The molecule has 1 N–H and O–H groups in total. The molecule has 20 heavy (non-hydrogen) atoms. The number of hydrogen-bond donors (Lipinski definition) is 1. The number of ether oxygens (including phenoxy) is 1. The van der Waals surface area contributed by atoms with E-state index in [1.54, 1.807) is 5.57 Å². The van der Waals surface area contributed by atoms with Crippen molar-refractivity contribution in [1.29, 1.82) is 0 Å². The molecular weight excluding hydrogens is 246 g/mol. The van der Waals surface area contributed by atoms with Gasteiger partial charge in [0.15, 0.2) is 0 Å². The monoisotopic (exact) mass is 279 g/mol.